The fourth-order valence-corrected chi connectivity index (χ4v) is 3.47. The molecule has 0 spiro atoms. The molecule has 4 rings (SSSR count). The number of carbonyl (C=O) groups excluding carboxylic acids is 1. The Balaban J connectivity index is 1.42. The summed E-state index contributed by atoms with van der Waals surface area (Å²) >= 11 is 6.01. The molecule has 136 valence electrons. The third kappa shape index (κ3) is 3.93. The van der Waals surface area contributed by atoms with Gasteiger partial charge in [-0.05, 0) is 48.2 Å². The summed E-state index contributed by atoms with van der Waals surface area (Å²) in [6, 6.07) is 17.4. The van der Waals surface area contributed by atoms with Gasteiger partial charge in [0, 0.05) is 30.0 Å². The maximum absolute atomic E-state index is 12.9. The van der Waals surface area contributed by atoms with Crippen LogP contribution < -0.4 is 10.2 Å². The molecule has 1 aliphatic rings. The number of fused-ring (bicyclic) bond motifs is 1. The molecule has 6 heteroatoms. The highest BCUT2D eigenvalue weighted by molar-refractivity contribution is 6.30. The number of nitrogens with zero attached hydrogens (tertiary/aromatic N) is 3. The predicted octanol–water partition coefficient (Wildman–Crippen LogP) is 3.99. The van der Waals surface area contributed by atoms with E-state index in [1.165, 1.54) is 5.56 Å². The van der Waals surface area contributed by atoms with E-state index in [4.69, 9.17) is 11.6 Å². The Morgan fingerprint density at radius 1 is 1.15 bits per heavy atom. The third-order valence-electron chi connectivity index (χ3n) is 4.59. The molecule has 2 heterocycles. The fourth-order valence-electron chi connectivity index (χ4n) is 3.26. The molecule has 0 atom stereocenters. The maximum Gasteiger partial charge on any atom is 0.277 e. The Morgan fingerprint density at radius 3 is 2.93 bits per heavy atom. The lowest BCUT2D eigenvalue weighted by molar-refractivity contribution is 0.0984. The molecular weight excluding hydrogens is 360 g/mol. The first-order chi connectivity index (χ1) is 13.2. The normalized spacial score (nSPS) is 12.7. The number of hydrogen-bond acceptors (Lipinski definition) is 4. The van der Waals surface area contributed by atoms with E-state index in [0.29, 0.717) is 24.7 Å². The Morgan fingerprint density at radius 2 is 2.04 bits per heavy atom. The number of benzene rings is 2. The highest BCUT2D eigenvalue weighted by Crippen LogP contribution is 2.28. The minimum atomic E-state index is -0.0970. The van der Waals surface area contributed by atoms with Crippen molar-refractivity contribution in [3.63, 3.8) is 0 Å². The van der Waals surface area contributed by atoms with Crippen molar-refractivity contribution >= 4 is 29.1 Å². The highest BCUT2D eigenvalue weighted by Gasteiger charge is 2.26. The van der Waals surface area contributed by atoms with Gasteiger partial charge in [-0.2, -0.15) is 0 Å². The predicted molar refractivity (Wildman–Crippen MR) is 108 cm³/mol. The SMILES string of the molecule is O=C(c1ccnc(NCCc2cccc(Cl)c2)n1)N1CCc2ccccc21. The van der Waals surface area contributed by atoms with Crippen molar-refractivity contribution in [2.24, 2.45) is 0 Å². The first-order valence-electron chi connectivity index (χ1n) is 8.92. The van der Waals surface area contributed by atoms with E-state index in [2.05, 4.69) is 21.4 Å². The van der Waals surface area contributed by atoms with Crippen LogP contribution in [0.2, 0.25) is 5.02 Å². The van der Waals surface area contributed by atoms with E-state index >= 15 is 0 Å². The summed E-state index contributed by atoms with van der Waals surface area (Å²) in [5, 5.41) is 3.91. The molecular formula is C21H19ClN4O. The number of amides is 1. The Labute approximate surface area is 163 Å². The molecule has 2 aromatic carbocycles. The van der Waals surface area contributed by atoms with Crippen LogP contribution in [-0.4, -0.2) is 29.0 Å². The molecule has 0 fully saturated rings. The van der Waals surface area contributed by atoms with Crippen molar-refractivity contribution < 1.29 is 4.79 Å². The van der Waals surface area contributed by atoms with E-state index in [-0.39, 0.29) is 5.91 Å². The van der Waals surface area contributed by atoms with Crippen molar-refractivity contribution in [3.8, 4) is 0 Å². The van der Waals surface area contributed by atoms with Gasteiger partial charge in [0.05, 0.1) is 0 Å². The number of carbonyl (C=O) groups is 1. The van der Waals surface area contributed by atoms with Crippen LogP contribution in [0.15, 0.2) is 60.8 Å². The van der Waals surface area contributed by atoms with E-state index in [0.717, 1.165) is 29.1 Å². The molecule has 27 heavy (non-hydrogen) atoms. The molecule has 1 aromatic heterocycles. The molecule has 1 amide bonds. The molecule has 0 aliphatic carbocycles. The van der Waals surface area contributed by atoms with Crippen molar-refractivity contribution in [3.05, 3.63) is 82.6 Å². The van der Waals surface area contributed by atoms with Crippen LogP contribution in [0.5, 0.6) is 0 Å². The molecule has 3 aromatic rings. The number of hydrogen-bond donors (Lipinski definition) is 1. The minimum Gasteiger partial charge on any atom is -0.354 e. The smallest absolute Gasteiger partial charge is 0.277 e. The van der Waals surface area contributed by atoms with Crippen LogP contribution in [0, 0.1) is 0 Å². The lowest BCUT2D eigenvalue weighted by Crippen LogP contribution is -2.29. The van der Waals surface area contributed by atoms with Crippen molar-refractivity contribution in [2.45, 2.75) is 12.8 Å². The van der Waals surface area contributed by atoms with Gasteiger partial charge in [0.25, 0.3) is 5.91 Å². The number of anilines is 2. The summed E-state index contributed by atoms with van der Waals surface area (Å²) in [5.74, 6) is 0.357. The van der Waals surface area contributed by atoms with E-state index < -0.39 is 0 Å². The average Bonchev–Trinajstić information content (AvgIpc) is 3.12. The zero-order valence-electron chi connectivity index (χ0n) is 14.7. The summed E-state index contributed by atoms with van der Waals surface area (Å²) in [6.07, 6.45) is 3.28. The molecule has 0 saturated carbocycles. The van der Waals surface area contributed by atoms with Crippen molar-refractivity contribution in [1.82, 2.24) is 9.97 Å². The molecule has 0 unspecified atom stereocenters. The summed E-state index contributed by atoms with van der Waals surface area (Å²) < 4.78 is 0. The van der Waals surface area contributed by atoms with Crippen molar-refractivity contribution in [1.29, 1.82) is 0 Å². The minimum absolute atomic E-state index is 0.0970. The van der Waals surface area contributed by atoms with Crippen LogP contribution >= 0.6 is 11.6 Å². The van der Waals surface area contributed by atoms with Gasteiger partial charge in [-0.15, -0.1) is 0 Å². The number of nitrogens with one attached hydrogen (secondary N) is 1. The van der Waals surface area contributed by atoms with E-state index in [1.807, 2.05) is 42.5 Å². The van der Waals surface area contributed by atoms with Crippen LogP contribution in [0.25, 0.3) is 0 Å². The van der Waals surface area contributed by atoms with Gasteiger partial charge < -0.3 is 10.2 Å². The molecule has 1 N–H and O–H groups in total. The van der Waals surface area contributed by atoms with Gasteiger partial charge in [-0.1, -0.05) is 41.9 Å². The van der Waals surface area contributed by atoms with Gasteiger partial charge >= 0.3 is 0 Å². The molecule has 0 bridgehead atoms. The van der Waals surface area contributed by atoms with Gasteiger partial charge in [-0.25, -0.2) is 9.97 Å². The number of para-hydroxylation sites is 1. The largest absolute Gasteiger partial charge is 0.354 e. The Bertz CT molecular complexity index is 976. The molecule has 1 aliphatic heterocycles. The Hall–Kier alpha value is -2.92. The zero-order valence-corrected chi connectivity index (χ0v) is 15.5. The second-order valence-electron chi connectivity index (χ2n) is 6.41. The first kappa shape index (κ1) is 17.5. The second kappa shape index (κ2) is 7.76. The number of halogens is 1. The van der Waals surface area contributed by atoms with E-state index in [9.17, 15) is 4.79 Å². The summed E-state index contributed by atoms with van der Waals surface area (Å²) in [6.45, 7) is 1.34. The first-order valence-corrected chi connectivity index (χ1v) is 9.29. The van der Waals surface area contributed by atoms with Gasteiger partial charge in [-0.3, -0.25) is 4.79 Å². The maximum atomic E-state index is 12.9. The molecule has 5 nitrogen and oxygen atoms in total. The highest BCUT2D eigenvalue weighted by atomic mass is 35.5. The third-order valence-corrected chi connectivity index (χ3v) is 4.83. The lowest BCUT2D eigenvalue weighted by Gasteiger charge is -2.17. The van der Waals surface area contributed by atoms with Crippen LogP contribution in [0.3, 0.4) is 0 Å². The molecule has 0 saturated heterocycles. The van der Waals surface area contributed by atoms with Crippen LogP contribution in [0.1, 0.15) is 21.6 Å². The molecule has 0 radical (unpaired) electrons. The number of aromatic nitrogens is 2. The monoisotopic (exact) mass is 378 g/mol. The average molecular weight is 379 g/mol. The zero-order chi connectivity index (χ0) is 18.6. The van der Waals surface area contributed by atoms with Gasteiger partial charge in [0.2, 0.25) is 5.95 Å². The summed E-state index contributed by atoms with van der Waals surface area (Å²) in [5.41, 5.74) is 3.69. The van der Waals surface area contributed by atoms with Gasteiger partial charge in [0.1, 0.15) is 5.69 Å². The quantitative estimate of drug-likeness (QED) is 0.729. The van der Waals surface area contributed by atoms with Crippen LogP contribution in [-0.2, 0) is 12.8 Å². The van der Waals surface area contributed by atoms with E-state index in [1.54, 1.807) is 17.2 Å². The van der Waals surface area contributed by atoms with Crippen LogP contribution in [0.4, 0.5) is 11.6 Å². The topological polar surface area (TPSA) is 58.1 Å². The van der Waals surface area contributed by atoms with Gasteiger partial charge in [0.15, 0.2) is 0 Å². The summed E-state index contributed by atoms with van der Waals surface area (Å²) in [7, 11) is 0. The Kier molecular flexibility index (Phi) is 5.03. The fraction of sp³-hybridized carbons (Fsp3) is 0.190. The standard InChI is InChI=1S/C21H19ClN4O/c22-17-6-3-4-15(14-17)8-11-23-21-24-12-9-18(25-21)20(27)26-13-10-16-5-1-2-7-19(16)26/h1-7,9,12,14H,8,10-11,13H2,(H,23,24,25). The number of rotatable bonds is 5. The summed E-state index contributed by atoms with van der Waals surface area (Å²) in [4.78, 5) is 23.3. The lowest BCUT2D eigenvalue weighted by atomic mass is 10.1. The second-order valence-corrected chi connectivity index (χ2v) is 6.84. The van der Waals surface area contributed by atoms with Crippen molar-refractivity contribution in [2.75, 3.05) is 23.3 Å².